The largest absolute Gasteiger partial charge is 0.465 e. The van der Waals surface area contributed by atoms with E-state index in [-0.39, 0.29) is 12.4 Å². The third-order valence-electron chi connectivity index (χ3n) is 5.25. The lowest BCUT2D eigenvalue weighted by Gasteiger charge is -2.42. The van der Waals surface area contributed by atoms with Crippen LogP contribution in [0.2, 0.25) is 0 Å². The molecule has 0 aliphatic carbocycles. The summed E-state index contributed by atoms with van der Waals surface area (Å²) in [5.41, 5.74) is 1.49. The van der Waals surface area contributed by atoms with E-state index >= 15 is 0 Å². The molecular formula is C23H25FO7. The average Bonchev–Trinajstić information content (AvgIpc) is 2.80. The summed E-state index contributed by atoms with van der Waals surface area (Å²) in [6.45, 7) is 3.34. The van der Waals surface area contributed by atoms with Crippen molar-refractivity contribution < 1.29 is 38.3 Å². The van der Waals surface area contributed by atoms with Crippen molar-refractivity contribution in [1.29, 1.82) is 0 Å². The second kappa shape index (κ2) is 10.0. The van der Waals surface area contributed by atoms with Gasteiger partial charge in [0.15, 0.2) is 11.6 Å². The van der Waals surface area contributed by atoms with Crippen LogP contribution in [0.15, 0.2) is 55.1 Å². The molecule has 5 unspecified atom stereocenters. The molecule has 1 fully saturated rings. The van der Waals surface area contributed by atoms with Gasteiger partial charge in [0.2, 0.25) is 6.29 Å². The highest BCUT2D eigenvalue weighted by Crippen LogP contribution is 2.32. The van der Waals surface area contributed by atoms with Crippen molar-refractivity contribution in [2.24, 2.45) is 5.92 Å². The molecule has 2 N–H and O–H groups in total. The molecule has 166 valence electrons. The van der Waals surface area contributed by atoms with Gasteiger partial charge in [-0.1, -0.05) is 24.3 Å². The van der Waals surface area contributed by atoms with E-state index in [1.807, 2.05) is 0 Å². The summed E-state index contributed by atoms with van der Waals surface area (Å²) in [6.07, 6.45) is -2.41. The predicted octanol–water partition coefficient (Wildman–Crippen LogP) is 2.55. The molecule has 0 bridgehead atoms. The maximum absolute atomic E-state index is 14.8. The third kappa shape index (κ3) is 4.77. The first-order chi connectivity index (χ1) is 14.9. The number of aliphatic hydroxyl groups is 2. The second-order valence-corrected chi connectivity index (χ2v) is 7.06. The number of hydrogen-bond acceptors (Lipinski definition) is 7. The summed E-state index contributed by atoms with van der Waals surface area (Å²) in [5, 5.41) is 20.2. The lowest BCUT2D eigenvalue weighted by molar-refractivity contribution is -0.261. The van der Waals surface area contributed by atoms with Crippen LogP contribution in [0.25, 0.3) is 11.1 Å². The molecule has 3 rings (SSSR count). The van der Waals surface area contributed by atoms with Gasteiger partial charge in [0.05, 0.1) is 31.5 Å². The van der Waals surface area contributed by atoms with Crippen molar-refractivity contribution in [3.05, 3.63) is 66.5 Å². The molecule has 2 aromatic rings. The number of hydrogen-bond donors (Lipinski definition) is 2. The van der Waals surface area contributed by atoms with E-state index < -0.39 is 42.3 Å². The maximum atomic E-state index is 14.8. The molecule has 0 radical (unpaired) electrons. The summed E-state index contributed by atoms with van der Waals surface area (Å²) >= 11 is 0. The first-order valence-corrected chi connectivity index (χ1v) is 9.68. The van der Waals surface area contributed by atoms with Crippen LogP contribution in [0, 0.1) is 11.7 Å². The fraction of sp³-hybridized carbons (Fsp3) is 0.348. The van der Waals surface area contributed by atoms with Crippen LogP contribution >= 0.6 is 0 Å². The minimum Gasteiger partial charge on any atom is -0.465 e. The normalized spacial score (nSPS) is 25.6. The van der Waals surface area contributed by atoms with Gasteiger partial charge in [-0.25, -0.2) is 9.18 Å². The summed E-state index contributed by atoms with van der Waals surface area (Å²) in [5.74, 6) is -1.77. The van der Waals surface area contributed by atoms with Gasteiger partial charge in [-0.2, -0.15) is 0 Å². The molecule has 0 spiro atoms. The van der Waals surface area contributed by atoms with Crippen LogP contribution in [0.3, 0.4) is 0 Å². The van der Waals surface area contributed by atoms with E-state index in [1.54, 1.807) is 30.3 Å². The number of carbonyl (C=O) groups is 1. The van der Waals surface area contributed by atoms with Gasteiger partial charge in [0.1, 0.15) is 6.10 Å². The fourth-order valence-corrected chi connectivity index (χ4v) is 3.63. The van der Waals surface area contributed by atoms with Gasteiger partial charge in [-0.15, -0.1) is 6.58 Å². The minimum atomic E-state index is -1.25. The van der Waals surface area contributed by atoms with Crippen molar-refractivity contribution in [3.8, 4) is 16.9 Å². The second-order valence-electron chi connectivity index (χ2n) is 7.06. The number of rotatable bonds is 7. The minimum absolute atomic E-state index is 0.138. The lowest BCUT2D eigenvalue weighted by Crippen LogP contribution is -2.57. The highest BCUT2D eigenvalue weighted by atomic mass is 19.1. The Morgan fingerprint density at radius 3 is 2.58 bits per heavy atom. The van der Waals surface area contributed by atoms with Crippen molar-refractivity contribution in [2.45, 2.75) is 24.6 Å². The van der Waals surface area contributed by atoms with Crippen LogP contribution in [-0.2, 0) is 14.2 Å². The number of ether oxygens (including phenoxy) is 4. The topological polar surface area (TPSA) is 94.5 Å². The van der Waals surface area contributed by atoms with E-state index in [0.29, 0.717) is 16.7 Å². The zero-order valence-corrected chi connectivity index (χ0v) is 17.2. The van der Waals surface area contributed by atoms with Crippen LogP contribution in [0.5, 0.6) is 5.75 Å². The highest BCUT2D eigenvalue weighted by molar-refractivity contribution is 5.91. The number of benzene rings is 2. The standard InChI is InChI=1S/C23H25FO7/c1-4-16-19(12-25)31-23(20(26)21(16)28-2)30-18-9-8-14(11-17(18)24)13-6-5-7-15(10-13)22(27)29-3/h4-11,16,19-21,23,25-26H,1,12H2,2-3H3. The Morgan fingerprint density at radius 2 is 1.97 bits per heavy atom. The van der Waals surface area contributed by atoms with E-state index in [9.17, 15) is 19.4 Å². The van der Waals surface area contributed by atoms with Crippen LogP contribution in [0.1, 0.15) is 10.4 Å². The Bertz CT molecular complexity index is 932. The molecule has 1 heterocycles. The van der Waals surface area contributed by atoms with Crippen LogP contribution in [0.4, 0.5) is 4.39 Å². The average molecular weight is 432 g/mol. The van der Waals surface area contributed by atoms with E-state index in [0.717, 1.165) is 0 Å². The molecule has 1 aliphatic heterocycles. The van der Waals surface area contributed by atoms with Gasteiger partial charge in [-0.05, 0) is 35.4 Å². The number of esters is 1. The quantitative estimate of drug-likeness (QED) is 0.513. The molecule has 1 saturated heterocycles. The zero-order valence-electron chi connectivity index (χ0n) is 17.2. The molecule has 0 saturated carbocycles. The van der Waals surface area contributed by atoms with E-state index in [2.05, 4.69) is 6.58 Å². The van der Waals surface area contributed by atoms with E-state index in [4.69, 9.17) is 18.9 Å². The van der Waals surface area contributed by atoms with E-state index in [1.165, 1.54) is 32.4 Å². The lowest BCUT2D eigenvalue weighted by atomic mass is 9.89. The molecule has 2 aromatic carbocycles. The Labute approximate surface area is 179 Å². The summed E-state index contributed by atoms with van der Waals surface area (Å²) < 4.78 is 36.0. The van der Waals surface area contributed by atoms with Crippen LogP contribution < -0.4 is 4.74 Å². The Balaban J connectivity index is 1.82. The molecule has 31 heavy (non-hydrogen) atoms. The van der Waals surface area contributed by atoms with Gasteiger partial charge in [0.25, 0.3) is 0 Å². The molecule has 1 aliphatic rings. The predicted molar refractivity (Wildman–Crippen MR) is 110 cm³/mol. The molecular weight excluding hydrogens is 407 g/mol. The smallest absolute Gasteiger partial charge is 0.337 e. The SMILES string of the molecule is C=CC1C(CO)OC(Oc2ccc(-c3cccc(C(=O)OC)c3)cc2F)C(O)C1OC. The van der Waals surface area contributed by atoms with Crippen molar-refractivity contribution in [2.75, 3.05) is 20.8 Å². The van der Waals surface area contributed by atoms with Crippen molar-refractivity contribution in [1.82, 2.24) is 0 Å². The third-order valence-corrected chi connectivity index (χ3v) is 5.25. The van der Waals surface area contributed by atoms with Crippen molar-refractivity contribution >= 4 is 5.97 Å². The summed E-state index contributed by atoms with van der Waals surface area (Å²) in [4.78, 5) is 11.7. The highest BCUT2D eigenvalue weighted by Gasteiger charge is 2.45. The van der Waals surface area contributed by atoms with Gasteiger partial charge in [0, 0.05) is 13.0 Å². The fourth-order valence-electron chi connectivity index (χ4n) is 3.63. The van der Waals surface area contributed by atoms with Gasteiger partial charge >= 0.3 is 5.97 Å². The molecule has 0 aromatic heterocycles. The monoisotopic (exact) mass is 432 g/mol. The number of methoxy groups -OCH3 is 2. The molecule has 5 atom stereocenters. The number of halogens is 1. The maximum Gasteiger partial charge on any atom is 0.337 e. The number of aliphatic hydroxyl groups excluding tert-OH is 2. The Kier molecular flexibility index (Phi) is 7.40. The molecule has 8 heteroatoms. The zero-order chi connectivity index (χ0) is 22.5. The summed E-state index contributed by atoms with van der Waals surface area (Å²) in [6, 6.07) is 10.9. The molecule has 0 amide bonds. The summed E-state index contributed by atoms with van der Waals surface area (Å²) in [7, 11) is 2.70. The van der Waals surface area contributed by atoms with Crippen molar-refractivity contribution in [3.63, 3.8) is 0 Å². The Hall–Kier alpha value is -2.78. The molecule has 7 nitrogen and oxygen atoms in total. The first-order valence-electron chi connectivity index (χ1n) is 9.68. The Morgan fingerprint density at radius 1 is 1.23 bits per heavy atom. The number of carbonyl (C=O) groups excluding carboxylic acids is 1. The van der Waals surface area contributed by atoms with Crippen LogP contribution in [-0.4, -0.2) is 61.6 Å². The van der Waals surface area contributed by atoms with Gasteiger partial charge in [-0.3, -0.25) is 0 Å². The van der Waals surface area contributed by atoms with Gasteiger partial charge < -0.3 is 29.2 Å². The first kappa shape index (κ1) is 22.9.